The van der Waals surface area contributed by atoms with E-state index in [4.69, 9.17) is 0 Å². The molecular formula is C21H24N6O. The van der Waals surface area contributed by atoms with Crippen LogP contribution in [0, 0.1) is 0 Å². The predicted molar refractivity (Wildman–Crippen MR) is 108 cm³/mol. The summed E-state index contributed by atoms with van der Waals surface area (Å²) in [6, 6.07) is 12.3. The van der Waals surface area contributed by atoms with Crippen molar-refractivity contribution in [3.05, 3.63) is 54.5 Å². The molecular weight excluding hydrogens is 352 g/mol. The van der Waals surface area contributed by atoms with Gasteiger partial charge in [-0.15, -0.1) is 0 Å². The van der Waals surface area contributed by atoms with Gasteiger partial charge >= 0.3 is 6.03 Å². The van der Waals surface area contributed by atoms with E-state index in [0.717, 1.165) is 49.2 Å². The summed E-state index contributed by atoms with van der Waals surface area (Å²) in [6.45, 7) is 2.99. The number of H-pyrrole nitrogens is 1. The molecule has 1 saturated heterocycles. The van der Waals surface area contributed by atoms with E-state index in [1.807, 2.05) is 35.4 Å². The van der Waals surface area contributed by atoms with Crippen LogP contribution in [0.5, 0.6) is 0 Å². The Morgan fingerprint density at radius 3 is 2.82 bits per heavy atom. The summed E-state index contributed by atoms with van der Waals surface area (Å²) in [5, 5.41) is 4.16. The fourth-order valence-electron chi connectivity index (χ4n) is 4.21. The lowest BCUT2D eigenvalue weighted by atomic mass is 10.1. The number of amides is 2. The monoisotopic (exact) mass is 376 g/mol. The number of aromatic nitrogens is 3. The van der Waals surface area contributed by atoms with Crippen molar-refractivity contribution in [3.8, 4) is 0 Å². The van der Waals surface area contributed by atoms with Crippen LogP contribution >= 0.6 is 0 Å². The minimum atomic E-state index is -0.0529. The van der Waals surface area contributed by atoms with Gasteiger partial charge in [-0.1, -0.05) is 30.3 Å². The Labute approximate surface area is 163 Å². The number of carbonyl (C=O) groups excluding carboxylic acids is 1. The number of nitrogens with zero attached hydrogens (tertiary/aromatic N) is 4. The number of anilines is 1. The van der Waals surface area contributed by atoms with Crippen LogP contribution in [-0.2, 0) is 6.42 Å². The fourth-order valence-corrected chi connectivity index (χ4v) is 4.21. The second-order valence-corrected chi connectivity index (χ2v) is 7.70. The summed E-state index contributed by atoms with van der Waals surface area (Å²) >= 11 is 0. The maximum Gasteiger partial charge on any atom is 0.317 e. The van der Waals surface area contributed by atoms with Crippen LogP contribution in [0.25, 0.3) is 11.0 Å². The van der Waals surface area contributed by atoms with E-state index >= 15 is 0 Å². The number of nitrogens with one attached hydrogen (secondary N) is 2. The summed E-state index contributed by atoms with van der Waals surface area (Å²) in [7, 11) is 0. The van der Waals surface area contributed by atoms with Gasteiger partial charge in [0.2, 0.25) is 0 Å². The summed E-state index contributed by atoms with van der Waals surface area (Å²) < 4.78 is 0. The summed E-state index contributed by atoms with van der Waals surface area (Å²) in [5.41, 5.74) is 2.05. The second kappa shape index (κ2) is 6.82. The Balaban J connectivity index is 1.24. The highest BCUT2D eigenvalue weighted by atomic mass is 16.2. The smallest absolute Gasteiger partial charge is 0.317 e. The van der Waals surface area contributed by atoms with Gasteiger partial charge in [0.05, 0.1) is 10.9 Å². The van der Waals surface area contributed by atoms with E-state index in [0.29, 0.717) is 13.1 Å². The highest BCUT2D eigenvalue weighted by Crippen LogP contribution is 2.45. The van der Waals surface area contributed by atoms with E-state index in [1.54, 1.807) is 6.33 Å². The minimum Gasteiger partial charge on any atom is -0.352 e. The number of benzene rings is 1. The first kappa shape index (κ1) is 17.0. The number of fused-ring (bicyclic) bond motifs is 1. The molecule has 1 aliphatic carbocycles. The van der Waals surface area contributed by atoms with Crippen molar-refractivity contribution in [3.63, 3.8) is 0 Å². The highest BCUT2D eigenvalue weighted by molar-refractivity contribution is 5.87. The van der Waals surface area contributed by atoms with E-state index in [2.05, 4.69) is 37.3 Å². The molecule has 0 radical (unpaired) electrons. The Morgan fingerprint density at radius 1 is 1.14 bits per heavy atom. The number of hydrogen-bond acceptors (Lipinski definition) is 4. The number of rotatable bonds is 4. The lowest BCUT2D eigenvalue weighted by Crippen LogP contribution is -2.59. The zero-order valence-corrected chi connectivity index (χ0v) is 15.8. The Kier molecular flexibility index (Phi) is 4.15. The van der Waals surface area contributed by atoms with Gasteiger partial charge in [-0.3, -0.25) is 0 Å². The molecule has 1 aromatic carbocycles. The van der Waals surface area contributed by atoms with Crippen LogP contribution in [0.3, 0.4) is 0 Å². The number of hydrogen-bond donors (Lipinski definition) is 2. The lowest BCUT2D eigenvalue weighted by Gasteiger charge is -2.42. The van der Waals surface area contributed by atoms with Gasteiger partial charge in [0, 0.05) is 32.4 Å². The molecule has 2 aliphatic rings. The van der Waals surface area contributed by atoms with Gasteiger partial charge in [-0.25, -0.2) is 14.8 Å². The third-order valence-electron chi connectivity index (χ3n) is 5.89. The van der Waals surface area contributed by atoms with Crippen molar-refractivity contribution in [1.82, 2.24) is 25.2 Å². The highest BCUT2D eigenvalue weighted by Gasteiger charge is 2.53. The Hall–Kier alpha value is -3.09. The quantitative estimate of drug-likeness (QED) is 0.734. The van der Waals surface area contributed by atoms with Crippen LogP contribution in [0.4, 0.5) is 10.6 Å². The third kappa shape index (κ3) is 3.06. The molecule has 0 bridgehead atoms. The van der Waals surface area contributed by atoms with E-state index < -0.39 is 0 Å². The lowest BCUT2D eigenvalue weighted by molar-refractivity contribution is 0.156. The molecule has 3 heterocycles. The zero-order valence-electron chi connectivity index (χ0n) is 15.8. The first-order valence-electron chi connectivity index (χ1n) is 9.88. The largest absolute Gasteiger partial charge is 0.352 e. The molecule has 1 saturated carbocycles. The van der Waals surface area contributed by atoms with E-state index in [9.17, 15) is 4.79 Å². The molecule has 2 N–H and O–H groups in total. The molecule has 28 heavy (non-hydrogen) atoms. The topological polar surface area (TPSA) is 77.2 Å². The number of aromatic amines is 1. The molecule has 3 aromatic rings. The maximum absolute atomic E-state index is 12.8. The average Bonchev–Trinajstić information content (AvgIpc) is 3.30. The normalized spacial score (nSPS) is 17.9. The molecule has 1 spiro atoms. The van der Waals surface area contributed by atoms with E-state index in [1.165, 1.54) is 5.56 Å². The maximum atomic E-state index is 12.8. The van der Waals surface area contributed by atoms with Gasteiger partial charge in [-0.05, 0) is 30.9 Å². The third-order valence-corrected chi connectivity index (χ3v) is 5.89. The van der Waals surface area contributed by atoms with Gasteiger partial charge in [0.25, 0.3) is 0 Å². The number of piperazine rings is 1. The second-order valence-electron chi connectivity index (χ2n) is 7.70. The van der Waals surface area contributed by atoms with Crippen LogP contribution in [0.1, 0.15) is 18.4 Å². The van der Waals surface area contributed by atoms with E-state index in [-0.39, 0.29) is 11.6 Å². The molecule has 0 unspecified atom stereocenters. The molecule has 7 heteroatoms. The molecule has 2 aromatic heterocycles. The molecule has 2 fully saturated rings. The van der Waals surface area contributed by atoms with Gasteiger partial charge < -0.3 is 20.1 Å². The summed E-state index contributed by atoms with van der Waals surface area (Å²) in [6.07, 6.45) is 6.46. The molecule has 5 rings (SSSR count). The Morgan fingerprint density at radius 2 is 2.00 bits per heavy atom. The van der Waals surface area contributed by atoms with Crippen molar-refractivity contribution in [2.75, 3.05) is 31.1 Å². The molecule has 0 atom stereocenters. The number of carbonyl (C=O) groups is 1. The van der Waals surface area contributed by atoms with Crippen molar-refractivity contribution in [2.24, 2.45) is 0 Å². The summed E-state index contributed by atoms with van der Waals surface area (Å²) in [4.78, 5) is 29.1. The predicted octanol–water partition coefficient (Wildman–Crippen LogP) is 2.56. The first-order chi connectivity index (χ1) is 13.8. The van der Waals surface area contributed by atoms with Crippen molar-refractivity contribution >= 4 is 22.9 Å². The van der Waals surface area contributed by atoms with Crippen LogP contribution in [0.2, 0.25) is 0 Å². The minimum absolute atomic E-state index is 0.0529. The molecule has 1 aliphatic heterocycles. The first-order valence-corrected chi connectivity index (χ1v) is 9.88. The zero-order chi connectivity index (χ0) is 19.0. The van der Waals surface area contributed by atoms with Gasteiger partial charge in [-0.2, -0.15) is 0 Å². The van der Waals surface area contributed by atoms with Gasteiger partial charge in [0.15, 0.2) is 0 Å². The SMILES string of the molecule is O=C(NCCc1ccccc1)N1CCN(c2ncnc3[nH]ccc23)CC12CC2. The van der Waals surface area contributed by atoms with Crippen LogP contribution in [0.15, 0.2) is 48.9 Å². The number of urea groups is 1. The molecule has 144 valence electrons. The Bertz CT molecular complexity index is 981. The molecule has 7 nitrogen and oxygen atoms in total. The average molecular weight is 376 g/mol. The van der Waals surface area contributed by atoms with Crippen molar-refractivity contribution in [1.29, 1.82) is 0 Å². The van der Waals surface area contributed by atoms with Gasteiger partial charge in [0.1, 0.15) is 17.8 Å². The van der Waals surface area contributed by atoms with Crippen LogP contribution in [-0.4, -0.2) is 57.6 Å². The summed E-state index contributed by atoms with van der Waals surface area (Å²) in [5.74, 6) is 0.960. The van der Waals surface area contributed by atoms with Crippen molar-refractivity contribution in [2.45, 2.75) is 24.8 Å². The standard InChI is InChI=1S/C21H24N6O/c28-20(23-10-6-16-4-2-1-3-5-16)27-13-12-26(14-21(27)8-9-21)19-17-7-11-22-18(17)24-15-25-19/h1-5,7,11,15H,6,8-10,12-14H2,(H,23,28)(H,22,24,25). The fraction of sp³-hybridized carbons (Fsp3) is 0.381. The molecule has 2 amide bonds. The van der Waals surface area contributed by atoms with Crippen LogP contribution < -0.4 is 10.2 Å². The van der Waals surface area contributed by atoms with Crippen molar-refractivity contribution < 1.29 is 4.79 Å².